The molecule has 0 amide bonds. The molecule has 25 heavy (non-hydrogen) atoms. The summed E-state index contributed by atoms with van der Waals surface area (Å²) in [6.07, 6.45) is 3.65. The summed E-state index contributed by atoms with van der Waals surface area (Å²) in [5.41, 5.74) is 0. The molecule has 1 aromatic heterocycles. The van der Waals surface area contributed by atoms with Crippen LogP contribution in [0.1, 0.15) is 50.3 Å². The Balaban J connectivity index is 1.86. The Kier molecular flexibility index (Phi) is 8.24. The van der Waals surface area contributed by atoms with Crippen molar-refractivity contribution >= 4 is 17.3 Å². The standard InChI is InChI=1S/C20H36N4S/c1-6-21-20(23-16(4)12-19-10-9-17(5)25-19)22-13-18-8-7-11-24(14-18)15(2)3/h9-10,15-16,18H,6-8,11-14H2,1-5H3,(H2,21,22,23). The minimum atomic E-state index is 0.384. The third kappa shape index (κ3) is 6.98. The van der Waals surface area contributed by atoms with Crippen LogP contribution in [-0.4, -0.2) is 49.1 Å². The molecule has 1 aromatic rings. The average molecular weight is 365 g/mol. The van der Waals surface area contributed by atoms with Gasteiger partial charge in [-0.25, -0.2) is 0 Å². The monoisotopic (exact) mass is 364 g/mol. The minimum absolute atomic E-state index is 0.384. The number of nitrogens with one attached hydrogen (secondary N) is 2. The molecule has 1 saturated heterocycles. The van der Waals surface area contributed by atoms with Crippen molar-refractivity contribution in [3.63, 3.8) is 0 Å². The van der Waals surface area contributed by atoms with E-state index in [0.29, 0.717) is 18.0 Å². The van der Waals surface area contributed by atoms with E-state index in [1.807, 2.05) is 11.3 Å². The molecule has 4 nitrogen and oxygen atoms in total. The zero-order valence-electron chi connectivity index (χ0n) is 16.6. The van der Waals surface area contributed by atoms with Crippen molar-refractivity contribution in [2.24, 2.45) is 10.9 Å². The van der Waals surface area contributed by atoms with Crippen LogP contribution in [0.25, 0.3) is 0 Å². The van der Waals surface area contributed by atoms with Crippen LogP contribution in [0.3, 0.4) is 0 Å². The highest BCUT2D eigenvalue weighted by molar-refractivity contribution is 7.11. The van der Waals surface area contributed by atoms with E-state index < -0.39 is 0 Å². The van der Waals surface area contributed by atoms with Gasteiger partial charge < -0.3 is 15.5 Å². The van der Waals surface area contributed by atoms with E-state index in [4.69, 9.17) is 4.99 Å². The normalized spacial score (nSPS) is 20.7. The highest BCUT2D eigenvalue weighted by Gasteiger charge is 2.21. The van der Waals surface area contributed by atoms with Crippen LogP contribution in [0.15, 0.2) is 17.1 Å². The Hall–Kier alpha value is -1.07. The number of aliphatic imine (C=N–C) groups is 1. The zero-order chi connectivity index (χ0) is 18.2. The number of rotatable bonds is 7. The molecule has 5 heteroatoms. The fourth-order valence-electron chi connectivity index (χ4n) is 3.44. The van der Waals surface area contributed by atoms with Crippen LogP contribution in [0.4, 0.5) is 0 Å². The van der Waals surface area contributed by atoms with E-state index in [0.717, 1.165) is 25.5 Å². The lowest BCUT2D eigenvalue weighted by Crippen LogP contribution is -2.44. The number of piperidine rings is 1. The number of thiophene rings is 1. The van der Waals surface area contributed by atoms with E-state index in [-0.39, 0.29) is 0 Å². The van der Waals surface area contributed by atoms with Crippen molar-refractivity contribution < 1.29 is 0 Å². The molecular weight excluding hydrogens is 328 g/mol. The molecule has 2 rings (SSSR count). The van der Waals surface area contributed by atoms with E-state index >= 15 is 0 Å². The van der Waals surface area contributed by atoms with Gasteiger partial charge in [-0.2, -0.15) is 0 Å². The van der Waals surface area contributed by atoms with Crippen molar-refractivity contribution in [1.29, 1.82) is 0 Å². The van der Waals surface area contributed by atoms with E-state index in [2.05, 4.69) is 62.3 Å². The Labute approximate surface area is 158 Å². The van der Waals surface area contributed by atoms with Gasteiger partial charge in [0, 0.05) is 47.9 Å². The molecule has 1 aliphatic heterocycles. The number of nitrogens with zero attached hydrogens (tertiary/aromatic N) is 2. The fourth-order valence-corrected chi connectivity index (χ4v) is 4.46. The van der Waals surface area contributed by atoms with E-state index in [1.54, 1.807) is 0 Å². The van der Waals surface area contributed by atoms with Gasteiger partial charge in [0.15, 0.2) is 5.96 Å². The quantitative estimate of drug-likeness (QED) is 0.573. The van der Waals surface area contributed by atoms with Gasteiger partial charge in [-0.3, -0.25) is 4.99 Å². The van der Waals surface area contributed by atoms with Gasteiger partial charge in [0.25, 0.3) is 0 Å². The van der Waals surface area contributed by atoms with Gasteiger partial charge >= 0.3 is 0 Å². The first-order chi connectivity index (χ1) is 12.0. The van der Waals surface area contributed by atoms with E-state index in [9.17, 15) is 0 Å². The summed E-state index contributed by atoms with van der Waals surface area (Å²) in [5, 5.41) is 6.99. The molecule has 0 aromatic carbocycles. The average Bonchev–Trinajstić information content (AvgIpc) is 2.98. The van der Waals surface area contributed by atoms with Crippen molar-refractivity contribution in [3.05, 3.63) is 21.9 Å². The van der Waals surface area contributed by atoms with Gasteiger partial charge in [0.1, 0.15) is 0 Å². The Bertz CT molecular complexity index is 538. The molecule has 1 fully saturated rings. The van der Waals surface area contributed by atoms with Gasteiger partial charge in [-0.15, -0.1) is 11.3 Å². The summed E-state index contributed by atoms with van der Waals surface area (Å²) in [5.74, 6) is 1.65. The first-order valence-corrected chi connectivity index (χ1v) is 10.6. The predicted molar refractivity (Wildman–Crippen MR) is 111 cm³/mol. The number of guanidine groups is 1. The van der Waals surface area contributed by atoms with Crippen LogP contribution in [0.2, 0.25) is 0 Å². The molecule has 142 valence electrons. The first-order valence-electron chi connectivity index (χ1n) is 9.82. The topological polar surface area (TPSA) is 39.7 Å². The van der Waals surface area contributed by atoms with Crippen molar-refractivity contribution in [2.75, 3.05) is 26.2 Å². The minimum Gasteiger partial charge on any atom is -0.357 e. The maximum atomic E-state index is 4.89. The maximum Gasteiger partial charge on any atom is 0.191 e. The molecule has 1 aliphatic rings. The van der Waals surface area contributed by atoms with Crippen LogP contribution >= 0.6 is 11.3 Å². The second-order valence-electron chi connectivity index (χ2n) is 7.58. The highest BCUT2D eigenvalue weighted by Crippen LogP contribution is 2.19. The summed E-state index contributed by atoms with van der Waals surface area (Å²) in [4.78, 5) is 10.3. The highest BCUT2D eigenvalue weighted by atomic mass is 32.1. The summed E-state index contributed by atoms with van der Waals surface area (Å²) in [7, 11) is 0. The third-order valence-corrected chi connectivity index (χ3v) is 5.84. The summed E-state index contributed by atoms with van der Waals surface area (Å²) in [6.45, 7) is 15.4. The summed E-state index contributed by atoms with van der Waals surface area (Å²) >= 11 is 1.89. The van der Waals surface area contributed by atoms with E-state index in [1.165, 1.54) is 35.7 Å². The van der Waals surface area contributed by atoms with Crippen LogP contribution in [0, 0.1) is 12.8 Å². The van der Waals surface area contributed by atoms with Crippen LogP contribution in [0.5, 0.6) is 0 Å². The van der Waals surface area contributed by atoms with Gasteiger partial charge in [-0.05, 0) is 72.1 Å². The summed E-state index contributed by atoms with van der Waals surface area (Å²) in [6, 6.07) is 5.47. The van der Waals surface area contributed by atoms with Crippen molar-refractivity contribution in [2.45, 2.75) is 66.0 Å². The second kappa shape index (κ2) is 10.2. The molecule has 0 bridgehead atoms. The number of hydrogen-bond acceptors (Lipinski definition) is 3. The zero-order valence-corrected chi connectivity index (χ0v) is 17.5. The van der Waals surface area contributed by atoms with Crippen LogP contribution in [-0.2, 0) is 6.42 Å². The smallest absolute Gasteiger partial charge is 0.191 e. The lowest BCUT2D eigenvalue weighted by Gasteiger charge is -2.35. The fraction of sp³-hybridized carbons (Fsp3) is 0.750. The largest absolute Gasteiger partial charge is 0.357 e. The third-order valence-electron chi connectivity index (χ3n) is 4.82. The molecular formula is C20H36N4S. The Morgan fingerprint density at radius 1 is 1.36 bits per heavy atom. The molecule has 2 heterocycles. The molecule has 0 saturated carbocycles. The number of likely N-dealkylation sites (tertiary alicyclic amines) is 1. The molecule has 0 spiro atoms. The molecule has 0 radical (unpaired) electrons. The lowest BCUT2D eigenvalue weighted by atomic mass is 9.97. The Morgan fingerprint density at radius 3 is 2.80 bits per heavy atom. The Morgan fingerprint density at radius 2 is 2.16 bits per heavy atom. The molecule has 2 atom stereocenters. The number of hydrogen-bond donors (Lipinski definition) is 2. The molecule has 0 aliphatic carbocycles. The van der Waals surface area contributed by atoms with Gasteiger partial charge in [0.2, 0.25) is 0 Å². The molecule has 2 unspecified atom stereocenters. The van der Waals surface area contributed by atoms with Crippen LogP contribution < -0.4 is 10.6 Å². The summed E-state index contributed by atoms with van der Waals surface area (Å²) < 4.78 is 0. The van der Waals surface area contributed by atoms with Crippen molar-refractivity contribution in [3.8, 4) is 0 Å². The molecule has 2 N–H and O–H groups in total. The van der Waals surface area contributed by atoms with Crippen molar-refractivity contribution in [1.82, 2.24) is 15.5 Å². The first kappa shape index (κ1) is 20.2. The second-order valence-corrected chi connectivity index (χ2v) is 8.95. The van der Waals surface area contributed by atoms with Gasteiger partial charge in [0.05, 0.1) is 0 Å². The maximum absolute atomic E-state index is 4.89. The lowest BCUT2D eigenvalue weighted by molar-refractivity contribution is 0.143. The van der Waals surface area contributed by atoms with Gasteiger partial charge in [-0.1, -0.05) is 0 Å². The predicted octanol–water partition coefficient (Wildman–Crippen LogP) is 3.66. The SMILES string of the molecule is CCNC(=NCC1CCCN(C(C)C)C1)NC(C)Cc1ccc(C)s1. The number of aryl methyl sites for hydroxylation is 1.